The van der Waals surface area contributed by atoms with Crippen molar-refractivity contribution in [3.05, 3.63) is 29.4 Å². The van der Waals surface area contributed by atoms with Gasteiger partial charge in [0, 0.05) is 12.7 Å². The molecular formula is C8H10Cl2N4S. The van der Waals surface area contributed by atoms with Gasteiger partial charge >= 0.3 is 0 Å². The summed E-state index contributed by atoms with van der Waals surface area (Å²) < 4.78 is 0. The van der Waals surface area contributed by atoms with Crippen LogP contribution in [0.2, 0.25) is 0 Å². The fourth-order valence-electron chi connectivity index (χ4n) is 0.929. The second kappa shape index (κ2) is 6.68. The van der Waals surface area contributed by atoms with Crippen molar-refractivity contribution in [2.75, 3.05) is 0 Å². The summed E-state index contributed by atoms with van der Waals surface area (Å²) >= 11 is 1.48. The maximum atomic E-state index is 5.43. The van der Waals surface area contributed by atoms with Gasteiger partial charge in [-0.3, -0.25) is 4.98 Å². The van der Waals surface area contributed by atoms with E-state index in [0.717, 1.165) is 15.7 Å². The van der Waals surface area contributed by atoms with Crippen LogP contribution in [0.25, 0.3) is 10.7 Å². The molecule has 2 N–H and O–H groups in total. The molecule has 0 aliphatic heterocycles. The lowest BCUT2D eigenvalue weighted by atomic mass is 10.4. The SMILES string of the molecule is Cl.Cl.NCc1nnc(-c2ccccn2)s1. The molecule has 2 aromatic heterocycles. The van der Waals surface area contributed by atoms with Gasteiger partial charge in [-0.25, -0.2) is 0 Å². The van der Waals surface area contributed by atoms with Crippen molar-refractivity contribution in [2.24, 2.45) is 5.73 Å². The molecule has 7 heteroatoms. The summed E-state index contributed by atoms with van der Waals surface area (Å²) in [6, 6.07) is 5.70. The Hall–Kier alpha value is -0.750. The zero-order chi connectivity index (χ0) is 9.10. The number of halogens is 2. The molecule has 0 aromatic carbocycles. The molecule has 0 saturated carbocycles. The second-order valence-electron chi connectivity index (χ2n) is 2.42. The number of hydrogen-bond donors (Lipinski definition) is 1. The average Bonchev–Trinajstić information content (AvgIpc) is 2.67. The summed E-state index contributed by atoms with van der Waals surface area (Å²) in [5, 5.41) is 9.55. The molecule has 2 aromatic rings. The third-order valence-corrected chi connectivity index (χ3v) is 2.49. The Balaban J connectivity index is 0.000000980. The number of aromatic nitrogens is 3. The van der Waals surface area contributed by atoms with E-state index in [0.29, 0.717) is 6.54 Å². The van der Waals surface area contributed by atoms with Crippen molar-refractivity contribution < 1.29 is 0 Å². The minimum Gasteiger partial charge on any atom is -0.324 e. The van der Waals surface area contributed by atoms with Crippen LogP contribution in [0.1, 0.15) is 5.01 Å². The highest BCUT2D eigenvalue weighted by Crippen LogP contribution is 2.20. The molecule has 0 fully saturated rings. The predicted octanol–water partition coefficient (Wildman–Crippen LogP) is 1.90. The van der Waals surface area contributed by atoms with Crippen LogP contribution in [0.15, 0.2) is 24.4 Å². The van der Waals surface area contributed by atoms with Crippen LogP contribution in [-0.2, 0) is 6.54 Å². The fourth-order valence-corrected chi connectivity index (χ4v) is 1.62. The maximum Gasteiger partial charge on any atom is 0.166 e. The Bertz CT molecular complexity index is 393. The topological polar surface area (TPSA) is 64.7 Å². The summed E-state index contributed by atoms with van der Waals surface area (Å²) in [6.07, 6.45) is 1.73. The number of nitrogens with two attached hydrogens (primary N) is 1. The van der Waals surface area contributed by atoms with Gasteiger partial charge in [0.2, 0.25) is 0 Å². The third-order valence-electron chi connectivity index (χ3n) is 1.53. The van der Waals surface area contributed by atoms with Crippen LogP contribution >= 0.6 is 36.2 Å². The third kappa shape index (κ3) is 3.39. The van der Waals surface area contributed by atoms with Gasteiger partial charge < -0.3 is 5.73 Å². The highest BCUT2D eigenvalue weighted by molar-refractivity contribution is 7.14. The predicted molar refractivity (Wildman–Crippen MR) is 65.5 cm³/mol. The summed E-state index contributed by atoms with van der Waals surface area (Å²) in [5.74, 6) is 0. The van der Waals surface area contributed by atoms with Crippen molar-refractivity contribution in [3.63, 3.8) is 0 Å². The smallest absolute Gasteiger partial charge is 0.166 e. The number of hydrogen-bond acceptors (Lipinski definition) is 5. The molecule has 0 aliphatic carbocycles. The van der Waals surface area contributed by atoms with Gasteiger partial charge in [-0.1, -0.05) is 17.4 Å². The Kier molecular flexibility index (Phi) is 6.35. The highest BCUT2D eigenvalue weighted by atomic mass is 35.5. The molecule has 82 valence electrons. The quantitative estimate of drug-likeness (QED) is 0.900. The van der Waals surface area contributed by atoms with Crippen molar-refractivity contribution in [1.29, 1.82) is 0 Å². The van der Waals surface area contributed by atoms with E-state index in [1.165, 1.54) is 11.3 Å². The molecule has 4 nitrogen and oxygen atoms in total. The molecule has 0 atom stereocenters. The molecule has 0 spiro atoms. The molecule has 0 saturated heterocycles. The lowest BCUT2D eigenvalue weighted by Crippen LogP contribution is -1.94. The molecule has 15 heavy (non-hydrogen) atoms. The first-order valence-corrected chi connectivity index (χ1v) is 4.65. The first kappa shape index (κ1) is 14.2. The average molecular weight is 265 g/mol. The van der Waals surface area contributed by atoms with E-state index in [-0.39, 0.29) is 24.8 Å². The van der Waals surface area contributed by atoms with E-state index in [1.807, 2.05) is 18.2 Å². The monoisotopic (exact) mass is 264 g/mol. The number of pyridine rings is 1. The normalized spacial score (nSPS) is 8.87. The molecule has 0 bridgehead atoms. The summed E-state index contributed by atoms with van der Waals surface area (Å²) in [5.41, 5.74) is 6.28. The van der Waals surface area contributed by atoms with Gasteiger partial charge in [-0.15, -0.1) is 35.0 Å². The summed E-state index contributed by atoms with van der Waals surface area (Å²) in [7, 11) is 0. The maximum absolute atomic E-state index is 5.43. The van der Waals surface area contributed by atoms with Crippen LogP contribution in [0, 0.1) is 0 Å². The van der Waals surface area contributed by atoms with Crippen molar-refractivity contribution in [2.45, 2.75) is 6.54 Å². The molecule has 0 radical (unpaired) electrons. The van der Waals surface area contributed by atoms with Gasteiger partial charge in [-0.05, 0) is 12.1 Å². The number of nitrogens with zero attached hydrogens (tertiary/aromatic N) is 3. The van der Waals surface area contributed by atoms with Gasteiger partial charge in [0.05, 0.1) is 0 Å². The van der Waals surface area contributed by atoms with E-state index in [1.54, 1.807) is 6.20 Å². The molecular weight excluding hydrogens is 255 g/mol. The van der Waals surface area contributed by atoms with Crippen LogP contribution in [0.4, 0.5) is 0 Å². The van der Waals surface area contributed by atoms with Gasteiger partial charge in [0.25, 0.3) is 0 Å². The minimum atomic E-state index is 0. The second-order valence-corrected chi connectivity index (χ2v) is 3.48. The van der Waals surface area contributed by atoms with Gasteiger partial charge in [0.1, 0.15) is 10.7 Å². The zero-order valence-electron chi connectivity index (χ0n) is 7.66. The van der Waals surface area contributed by atoms with Gasteiger partial charge in [-0.2, -0.15) is 0 Å². The Morgan fingerprint density at radius 2 is 2.00 bits per heavy atom. The van der Waals surface area contributed by atoms with E-state index in [9.17, 15) is 0 Å². The van der Waals surface area contributed by atoms with E-state index in [2.05, 4.69) is 15.2 Å². The summed E-state index contributed by atoms with van der Waals surface area (Å²) in [6.45, 7) is 0.435. The first-order chi connectivity index (χ1) is 6.40. The van der Waals surface area contributed by atoms with Gasteiger partial charge in [0.15, 0.2) is 5.01 Å². The largest absolute Gasteiger partial charge is 0.324 e. The van der Waals surface area contributed by atoms with Crippen LogP contribution < -0.4 is 5.73 Å². The molecule has 0 aliphatic rings. The van der Waals surface area contributed by atoms with Crippen LogP contribution in [-0.4, -0.2) is 15.2 Å². The Morgan fingerprint density at radius 1 is 1.20 bits per heavy atom. The summed E-state index contributed by atoms with van der Waals surface area (Å²) in [4.78, 5) is 4.16. The lowest BCUT2D eigenvalue weighted by molar-refractivity contribution is 0.958. The standard InChI is InChI=1S/C8H8N4S.2ClH/c9-5-7-11-12-8(13-7)6-3-1-2-4-10-6;;/h1-4H,5,9H2;2*1H. The highest BCUT2D eigenvalue weighted by Gasteiger charge is 2.04. The van der Waals surface area contributed by atoms with Crippen LogP contribution in [0.5, 0.6) is 0 Å². The Morgan fingerprint density at radius 3 is 2.53 bits per heavy atom. The lowest BCUT2D eigenvalue weighted by Gasteiger charge is -1.90. The molecule has 0 unspecified atom stereocenters. The van der Waals surface area contributed by atoms with E-state index < -0.39 is 0 Å². The van der Waals surface area contributed by atoms with Crippen molar-refractivity contribution in [3.8, 4) is 10.7 Å². The van der Waals surface area contributed by atoms with Crippen LogP contribution in [0.3, 0.4) is 0 Å². The van der Waals surface area contributed by atoms with E-state index in [4.69, 9.17) is 5.73 Å². The zero-order valence-corrected chi connectivity index (χ0v) is 10.1. The minimum absolute atomic E-state index is 0. The van der Waals surface area contributed by atoms with Crippen molar-refractivity contribution >= 4 is 36.2 Å². The van der Waals surface area contributed by atoms with Crippen molar-refractivity contribution in [1.82, 2.24) is 15.2 Å². The Labute approximate surface area is 104 Å². The first-order valence-electron chi connectivity index (χ1n) is 3.84. The molecule has 0 amide bonds. The fraction of sp³-hybridized carbons (Fsp3) is 0.125. The van der Waals surface area contributed by atoms with E-state index >= 15 is 0 Å². The number of rotatable bonds is 2. The molecule has 2 rings (SSSR count). The molecule has 2 heterocycles.